The maximum Gasteiger partial charge on any atom is 0.326 e. The molecule has 0 aliphatic carbocycles. The van der Waals surface area contributed by atoms with Crippen LogP contribution in [0.5, 0.6) is 0 Å². The third-order valence-corrected chi connectivity index (χ3v) is 3.91. The van der Waals surface area contributed by atoms with E-state index < -0.39 is 0 Å². The monoisotopic (exact) mass is 295 g/mol. The van der Waals surface area contributed by atoms with Gasteiger partial charge in [0.1, 0.15) is 0 Å². The molecule has 2 N–H and O–H groups in total. The van der Waals surface area contributed by atoms with Gasteiger partial charge < -0.3 is 10.3 Å². The number of halogens is 1. The van der Waals surface area contributed by atoms with E-state index in [4.69, 9.17) is 0 Å². The molecule has 1 aromatic heterocycles. The molecule has 2 aromatic rings. The first-order valence-corrected chi connectivity index (χ1v) is 6.57. The van der Waals surface area contributed by atoms with E-state index in [1.807, 2.05) is 17.6 Å². The van der Waals surface area contributed by atoms with Crippen molar-refractivity contribution in [2.24, 2.45) is 0 Å². The number of imidazole rings is 1. The molecule has 2 heterocycles. The fraction of sp³-hybridized carbons (Fsp3) is 0.417. The number of hydrogen-bond donors (Lipinski definition) is 2. The Morgan fingerprint density at radius 2 is 2.29 bits per heavy atom. The van der Waals surface area contributed by atoms with E-state index in [-0.39, 0.29) is 11.7 Å². The normalized spacial score (nSPS) is 20.2. The smallest absolute Gasteiger partial charge is 0.315 e. The lowest BCUT2D eigenvalue weighted by molar-refractivity contribution is 0.545. The molecule has 0 bridgehead atoms. The topological polar surface area (TPSA) is 49.8 Å². The van der Waals surface area contributed by atoms with Gasteiger partial charge in [-0.15, -0.1) is 0 Å². The maximum atomic E-state index is 12.0. The molecule has 5 heteroatoms. The van der Waals surface area contributed by atoms with E-state index >= 15 is 0 Å². The highest BCUT2D eigenvalue weighted by atomic mass is 79.9. The second kappa shape index (κ2) is 3.99. The van der Waals surface area contributed by atoms with Crippen LogP contribution in [0.15, 0.2) is 21.4 Å². The fourth-order valence-electron chi connectivity index (χ4n) is 2.56. The van der Waals surface area contributed by atoms with Gasteiger partial charge in [0.15, 0.2) is 0 Å². The van der Waals surface area contributed by atoms with Crippen molar-refractivity contribution in [1.82, 2.24) is 14.9 Å². The molecule has 1 aromatic carbocycles. The molecule has 90 valence electrons. The van der Waals surface area contributed by atoms with Crippen molar-refractivity contribution in [2.75, 3.05) is 13.1 Å². The lowest BCUT2D eigenvalue weighted by Gasteiger charge is -2.11. The Morgan fingerprint density at radius 3 is 3.00 bits per heavy atom. The Hall–Kier alpha value is -1.07. The van der Waals surface area contributed by atoms with Gasteiger partial charge >= 0.3 is 5.69 Å². The van der Waals surface area contributed by atoms with Crippen molar-refractivity contribution in [3.8, 4) is 0 Å². The third-order valence-electron chi connectivity index (χ3n) is 3.31. The number of nitrogens with one attached hydrogen (secondary N) is 2. The van der Waals surface area contributed by atoms with Crippen molar-refractivity contribution in [1.29, 1.82) is 0 Å². The van der Waals surface area contributed by atoms with Crippen LogP contribution >= 0.6 is 15.9 Å². The fourth-order valence-corrected chi connectivity index (χ4v) is 3.33. The molecule has 4 nitrogen and oxygen atoms in total. The third kappa shape index (κ3) is 1.73. The van der Waals surface area contributed by atoms with Crippen LogP contribution in [-0.4, -0.2) is 22.6 Å². The first-order chi connectivity index (χ1) is 8.16. The SMILES string of the molecule is Cc1cc(Br)c2c(c1)[nH]c(=O)n2C1CCNC1. The lowest BCUT2D eigenvalue weighted by atomic mass is 10.2. The van der Waals surface area contributed by atoms with Crippen LogP contribution in [0.1, 0.15) is 18.0 Å². The highest BCUT2D eigenvalue weighted by Gasteiger charge is 2.22. The van der Waals surface area contributed by atoms with Crippen LogP contribution in [0.4, 0.5) is 0 Å². The predicted molar refractivity (Wildman–Crippen MR) is 71.5 cm³/mol. The molecular weight excluding hydrogens is 282 g/mol. The summed E-state index contributed by atoms with van der Waals surface area (Å²) in [4.78, 5) is 15.0. The van der Waals surface area contributed by atoms with Crippen LogP contribution in [-0.2, 0) is 0 Å². The second-order valence-corrected chi connectivity index (χ2v) is 5.44. The van der Waals surface area contributed by atoms with E-state index in [9.17, 15) is 4.79 Å². The first-order valence-electron chi connectivity index (χ1n) is 5.78. The molecule has 1 saturated heterocycles. The van der Waals surface area contributed by atoms with Crippen LogP contribution in [0.3, 0.4) is 0 Å². The summed E-state index contributed by atoms with van der Waals surface area (Å²) in [7, 11) is 0. The van der Waals surface area contributed by atoms with E-state index in [0.717, 1.165) is 40.6 Å². The summed E-state index contributed by atoms with van der Waals surface area (Å²) >= 11 is 3.56. The van der Waals surface area contributed by atoms with E-state index in [2.05, 4.69) is 32.3 Å². The van der Waals surface area contributed by atoms with Gasteiger partial charge in [0.05, 0.1) is 17.1 Å². The number of aromatic amines is 1. The minimum absolute atomic E-state index is 0.0139. The van der Waals surface area contributed by atoms with Gasteiger partial charge in [-0.05, 0) is 53.5 Å². The minimum atomic E-state index is -0.0139. The second-order valence-electron chi connectivity index (χ2n) is 4.59. The Balaban J connectivity index is 2.30. The number of aromatic nitrogens is 2. The number of hydrogen-bond acceptors (Lipinski definition) is 2. The van der Waals surface area contributed by atoms with Gasteiger partial charge in [0, 0.05) is 11.0 Å². The van der Waals surface area contributed by atoms with Crippen molar-refractivity contribution in [3.05, 3.63) is 32.7 Å². The van der Waals surface area contributed by atoms with Crippen molar-refractivity contribution >= 4 is 27.0 Å². The molecule has 1 fully saturated rings. The molecule has 1 atom stereocenters. The molecule has 17 heavy (non-hydrogen) atoms. The van der Waals surface area contributed by atoms with E-state index in [0.29, 0.717) is 0 Å². The van der Waals surface area contributed by atoms with E-state index in [1.165, 1.54) is 0 Å². The van der Waals surface area contributed by atoms with Crippen molar-refractivity contribution in [2.45, 2.75) is 19.4 Å². The lowest BCUT2D eigenvalue weighted by Crippen LogP contribution is -2.24. The van der Waals surface area contributed by atoms with Crippen molar-refractivity contribution in [3.63, 3.8) is 0 Å². The van der Waals surface area contributed by atoms with Gasteiger partial charge in [0.25, 0.3) is 0 Å². The Kier molecular flexibility index (Phi) is 2.60. The Bertz CT molecular complexity index is 622. The number of rotatable bonds is 1. The van der Waals surface area contributed by atoms with Gasteiger partial charge in [-0.1, -0.05) is 0 Å². The molecular formula is C12H14BrN3O. The largest absolute Gasteiger partial charge is 0.326 e. The average Bonchev–Trinajstić information content (AvgIpc) is 2.83. The number of nitrogens with zero attached hydrogens (tertiary/aromatic N) is 1. The average molecular weight is 296 g/mol. The molecule has 0 saturated carbocycles. The molecule has 0 amide bonds. The summed E-state index contributed by atoms with van der Waals surface area (Å²) in [6.45, 7) is 3.87. The highest BCUT2D eigenvalue weighted by Crippen LogP contribution is 2.27. The van der Waals surface area contributed by atoms with Crippen molar-refractivity contribution < 1.29 is 0 Å². The molecule has 1 aliphatic heterocycles. The number of fused-ring (bicyclic) bond motifs is 1. The highest BCUT2D eigenvalue weighted by molar-refractivity contribution is 9.10. The Labute approximate surface area is 107 Å². The first kappa shape index (κ1) is 11.0. The maximum absolute atomic E-state index is 12.0. The van der Waals surface area contributed by atoms with Crippen LogP contribution in [0, 0.1) is 6.92 Å². The van der Waals surface area contributed by atoms with E-state index in [1.54, 1.807) is 0 Å². The summed E-state index contributed by atoms with van der Waals surface area (Å²) in [6.07, 6.45) is 1.01. The molecule has 1 unspecified atom stereocenters. The summed E-state index contributed by atoms with van der Waals surface area (Å²) < 4.78 is 2.86. The molecule has 0 spiro atoms. The summed E-state index contributed by atoms with van der Waals surface area (Å²) in [5.41, 5.74) is 3.02. The van der Waals surface area contributed by atoms with Gasteiger partial charge in [-0.2, -0.15) is 0 Å². The van der Waals surface area contributed by atoms with Gasteiger partial charge in [0.2, 0.25) is 0 Å². The van der Waals surface area contributed by atoms with Gasteiger partial charge in [-0.25, -0.2) is 4.79 Å². The zero-order valence-corrected chi connectivity index (χ0v) is 11.2. The van der Waals surface area contributed by atoms with Crippen LogP contribution in [0.25, 0.3) is 11.0 Å². The minimum Gasteiger partial charge on any atom is -0.315 e. The van der Waals surface area contributed by atoms with Crippen LogP contribution < -0.4 is 11.0 Å². The summed E-state index contributed by atoms with van der Waals surface area (Å²) in [5, 5.41) is 3.29. The van der Waals surface area contributed by atoms with Crippen LogP contribution in [0.2, 0.25) is 0 Å². The molecule has 1 aliphatic rings. The summed E-state index contributed by atoms with van der Waals surface area (Å²) in [5.74, 6) is 0. The number of aryl methyl sites for hydroxylation is 1. The number of H-pyrrole nitrogens is 1. The number of benzene rings is 1. The zero-order valence-electron chi connectivity index (χ0n) is 9.59. The Morgan fingerprint density at radius 1 is 1.47 bits per heavy atom. The quantitative estimate of drug-likeness (QED) is 0.845. The molecule has 0 radical (unpaired) electrons. The van der Waals surface area contributed by atoms with Gasteiger partial charge in [-0.3, -0.25) is 4.57 Å². The standard InChI is InChI=1S/C12H14BrN3O/c1-7-4-9(13)11-10(5-7)15-12(17)16(11)8-2-3-14-6-8/h4-5,8,14H,2-3,6H2,1H3,(H,15,17). The summed E-state index contributed by atoms with van der Waals surface area (Å²) in [6, 6.07) is 4.32. The molecule has 3 rings (SSSR count). The predicted octanol–water partition coefficient (Wildman–Crippen LogP) is 1.93. The zero-order chi connectivity index (χ0) is 12.0.